The molecule has 0 spiro atoms. The number of nitrogens with one attached hydrogen (secondary N) is 1. The van der Waals surface area contributed by atoms with Gasteiger partial charge in [-0.25, -0.2) is 4.98 Å². The summed E-state index contributed by atoms with van der Waals surface area (Å²) in [4.78, 5) is 27.1. The normalized spacial score (nSPS) is 10.8. The van der Waals surface area contributed by atoms with Crippen molar-refractivity contribution in [2.45, 2.75) is 32.1 Å². The van der Waals surface area contributed by atoms with Crippen molar-refractivity contribution in [2.24, 2.45) is 0 Å². The molecule has 1 heterocycles. The van der Waals surface area contributed by atoms with E-state index in [1.54, 1.807) is 11.3 Å². The highest BCUT2D eigenvalue weighted by Crippen LogP contribution is 2.28. The molecule has 0 saturated carbocycles. The Kier molecular flexibility index (Phi) is 6.54. The van der Waals surface area contributed by atoms with Gasteiger partial charge in [0.25, 0.3) is 0 Å². The molecule has 0 unspecified atom stereocenters. The molecule has 0 aliphatic rings. The average Bonchev–Trinajstić information content (AvgIpc) is 3.06. The van der Waals surface area contributed by atoms with Crippen LogP contribution in [0.5, 0.6) is 0 Å². The highest BCUT2D eigenvalue weighted by molar-refractivity contribution is 7.18. The summed E-state index contributed by atoms with van der Waals surface area (Å²) in [7, 11) is 0. The summed E-state index contributed by atoms with van der Waals surface area (Å²) in [6.45, 7) is 0.571. The van der Waals surface area contributed by atoms with Crippen LogP contribution in [-0.2, 0) is 16.0 Å². The molecule has 0 atom stereocenters. The van der Waals surface area contributed by atoms with Crippen LogP contribution in [0.3, 0.4) is 0 Å². The number of carboxylic acid groups (broad SMARTS) is 1. The zero-order valence-corrected chi connectivity index (χ0v) is 15.8. The van der Waals surface area contributed by atoms with Crippen LogP contribution in [0.2, 0.25) is 0 Å². The topological polar surface area (TPSA) is 79.3 Å². The molecule has 6 heteroatoms. The van der Waals surface area contributed by atoms with E-state index in [-0.39, 0.29) is 18.7 Å². The van der Waals surface area contributed by atoms with Crippen LogP contribution in [0.1, 0.15) is 30.7 Å². The van der Waals surface area contributed by atoms with Gasteiger partial charge in [-0.05, 0) is 36.1 Å². The molecule has 1 aromatic heterocycles. The van der Waals surface area contributed by atoms with E-state index in [2.05, 4.69) is 34.6 Å². The number of unbranched alkanes of at least 4 members (excludes halogenated alkanes) is 2. The number of fused-ring (bicyclic) bond motifs is 1. The molecule has 140 valence electrons. The third-order valence-corrected chi connectivity index (χ3v) is 5.26. The summed E-state index contributed by atoms with van der Waals surface area (Å²) in [5.74, 6) is -0.819. The Bertz CT molecular complexity index is 922. The van der Waals surface area contributed by atoms with Gasteiger partial charge in [-0.2, -0.15) is 0 Å². The smallest absolute Gasteiger partial charge is 0.303 e. The summed E-state index contributed by atoms with van der Waals surface area (Å²) in [6, 6.07) is 16.4. The minimum Gasteiger partial charge on any atom is -0.481 e. The average molecular weight is 382 g/mol. The Morgan fingerprint density at radius 1 is 1.00 bits per heavy atom. The molecule has 3 aromatic rings. The van der Waals surface area contributed by atoms with Crippen molar-refractivity contribution in [2.75, 3.05) is 6.54 Å². The lowest BCUT2D eigenvalue weighted by atomic mass is 10.1. The molecule has 5 nitrogen and oxygen atoms in total. The van der Waals surface area contributed by atoms with Crippen molar-refractivity contribution < 1.29 is 14.7 Å². The minimum atomic E-state index is -0.773. The maximum Gasteiger partial charge on any atom is 0.303 e. The van der Waals surface area contributed by atoms with Gasteiger partial charge >= 0.3 is 5.97 Å². The molecule has 0 aliphatic heterocycles. The van der Waals surface area contributed by atoms with Gasteiger partial charge in [0.2, 0.25) is 5.91 Å². The summed E-state index contributed by atoms with van der Waals surface area (Å²) < 4.78 is 1.08. The molecule has 0 bridgehead atoms. The monoisotopic (exact) mass is 382 g/mol. The van der Waals surface area contributed by atoms with E-state index in [1.807, 2.05) is 24.3 Å². The number of carbonyl (C=O) groups excluding carboxylic acids is 1. The second-order valence-electron chi connectivity index (χ2n) is 6.39. The van der Waals surface area contributed by atoms with Crippen molar-refractivity contribution >= 4 is 33.4 Å². The fourth-order valence-electron chi connectivity index (χ4n) is 2.86. The van der Waals surface area contributed by atoms with Gasteiger partial charge in [-0.15, -0.1) is 11.3 Å². The lowest BCUT2D eigenvalue weighted by Gasteiger charge is -2.03. The molecular formula is C21H22N2O3S. The van der Waals surface area contributed by atoms with Crippen LogP contribution < -0.4 is 5.32 Å². The number of carbonyl (C=O) groups is 2. The number of amides is 1. The number of aromatic nitrogens is 1. The number of thiazole rings is 1. The van der Waals surface area contributed by atoms with E-state index >= 15 is 0 Å². The highest BCUT2D eigenvalue weighted by atomic mass is 32.1. The van der Waals surface area contributed by atoms with Gasteiger partial charge in [-0.3, -0.25) is 9.59 Å². The zero-order valence-electron chi connectivity index (χ0n) is 15.0. The Morgan fingerprint density at radius 2 is 1.81 bits per heavy atom. The van der Waals surface area contributed by atoms with Crippen molar-refractivity contribution in [3.05, 3.63) is 53.5 Å². The largest absolute Gasteiger partial charge is 0.481 e. The molecule has 0 radical (unpaired) electrons. The van der Waals surface area contributed by atoms with Crippen LogP contribution in [0.25, 0.3) is 21.3 Å². The van der Waals surface area contributed by atoms with Crippen LogP contribution in [-0.4, -0.2) is 28.5 Å². The van der Waals surface area contributed by atoms with Gasteiger partial charge in [0.1, 0.15) is 5.01 Å². The van der Waals surface area contributed by atoms with Gasteiger partial charge in [0.15, 0.2) is 0 Å². The Hall–Kier alpha value is -2.73. The van der Waals surface area contributed by atoms with Gasteiger partial charge in [0, 0.05) is 13.0 Å². The maximum absolute atomic E-state index is 12.1. The highest BCUT2D eigenvalue weighted by Gasteiger charge is 2.10. The van der Waals surface area contributed by atoms with Crippen molar-refractivity contribution in [3.8, 4) is 11.1 Å². The number of aliphatic carboxylic acids is 1. The van der Waals surface area contributed by atoms with Crippen molar-refractivity contribution in [1.29, 1.82) is 0 Å². The molecule has 0 fully saturated rings. The number of hydrogen-bond acceptors (Lipinski definition) is 4. The molecule has 2 N–H and O–H groups in total. The van der Waals surface area contributed by atoms with E-state index in [0.717, 1.165) is 39.2 Å². The molecule has 1 amide bonds. The van der Waals surface area contributed by atoms with Crippen LogP contribution in [0.4, 0.5) is 0 Å². The first kappa shape index (κ1) is 19.0. The number of benzene rings is 2. The molecule has 0 aliphatic carbocycles. The maximum atomic E-state index is 12.1. The van der Waals surface area contributed by atoms with E-state index in [4.69, 9.17) is 5.11 Å². The number of nitrogens with zero attached hydrogens (tertiary/aromatic N) is 1. The first-order chi connectivity index (χ1) is 13.1. The zero-order chi connectivity index (χ0) is 19.1. The number of hydrogen-bond donors (Lipinski definition) is 2. The predicted molar refractivity (Wildman–Crippen MR) is 108 cm³/mol. The molecule has 27 heavy (non-hydrogen) atoms. The third-order valence-electron chi connectivity index (χ3n) is 4.24. The molecule has 2 aromatic carbocycles. The lowest BCUT2D eigenvalue weighted by molar-refractivity contribution is -0.137. The number of carboxylic acids is 1. The molecule has 0 saturated heterocycles. The minimum absolute atomic E-state index is 0.0458. The standard InChI is InChI=1S/C21H22N2O3S/c24-19(22-12-6-2-5-9-21(25)26)14-20-23-17-11-10-16(13-18(17)27-20)15-7-3-1-4-8-15/h1,3-4,7-8,10-11,13H,2,5-6,9,12,14H2,(H,22,24)(H,25,26). The first-order valence-electron chi connectivity index (χ1n) is 9.05. The summed E-state index contributed by atoms with van der Waals surface area (Å²) >= 11 is 1.55. The van der Waals surface area contributed by atoms with E-state index < -0.39 is 5.97 Å². The lowest BCUT2D eigenvalue weighted by Crippen LogP contribution is -2.26. The van der Waals surface area contributed by atoms with E-state index in [0.29, 0.717) is 13.0 Å². The second kappa shape index (κ2) is 9.28. The van der Waals surface area contributed by atoms with Gasteiger partial charge in [0.05, 0.1) is 16.6 Å². The van der Waals surface area contributed by atoms with E-state index in [9.17, 15) is 9.59 Å². The SMILES string of the molecule is O=C(O)CCCCCNC(=O)Cc1nc2ccc(-c3ccccc3)cc2s1. The number of rotatable bonds is 9. The molecular weight excluding hydrogens is 360 g/mol. The fraction of sp³-hybridized carbons (Fsp3) is 0.286. The van der Waals surface area contributed by atoms with Crippen LogP contribution in [0.15, 0.2) is 48.5 Å². The van der Waals surface area contributed by atoms with Crippen LogP contribution >= 0.6 is 11.3 Å². The summed E-state index contributed by atoms with van der Waals surface area (Å²) in [5.41, 5.74) is 3.22. The Labute approximate surface area is 162 Å². The van der Waals surface area contributed by atoms with Gasteiger partial charge < -0.3 is 10.4 Å². The quantitative estimate of drug-likeness (QED) is 0.542. The fourth-order valence-corrected chi connectivity index (χ4v) is 3.87. The van der Waals surface area contributed by atoms with Crippen molar-refractivity contribution in [3.63, 3.8) is 0 Å². The third kappa shape index (κ3) is 5.62. The van der Waals surface area contributed by atoms with E-state index in [1.165, 1.54) is 0 Å². The Morgan fingerprint density at radius 3 is 2.59 bits per heavy atom. The second-order valence-corrected chi connectivity index (χ2v) is 7.50. The Balaban J connectivity index is 1.53. The molecule has 3 rings (SSSR count). The predicted octanol–water partition coefficient (Wildman–Crippen LogP) is 4.27. The van der Waals surface area contributed by atoms with Crippen molar-refractivity contribution in [1.82, 2.24) is 10.3 Å². The van der Waals surface area contributed by atoms with Gasteiger partial charge in [-0.1, -0.05) is 42.8 Å². The first-order valence-corrected chi connectivity index (χ1v) is 9.87. The van der Waals surface area contributed by atoms with Crippen LogP contribution in [0, 0.1) is 0 Å². The summed E-state index contributed by atoms with van der Waals surface area (Å²) in [6.07, 6.45) is 2.70. The summed E-state index contributed by atoms with van der Waals surface area (Å²) in [5, 5.41) is 12.3.